The highest BCUT2D eigenvalue weighted by molar-refractivity contribution is 7.09. The monoisotopic (exact) mass is 372 g/mol. The van der Waals surface area contributed by atoms with E-state index in [1.54, 1.807) is 11.3 Å². The predicted octanol–water partition coefficient (Wildman–Crippen LogP) is 3.24. The van der Waals surface area contributed by atoms with Crippen LogP contribution in [0.4, 0.5) is 0 Å². The quantitative estimate of drug-likeness (QED) is 0.749. The van der Waals surface area contributed by atoms with Crippen molar-refractivity contribution in [3.8, 4) is 0 Å². The number of carbonyl (C=O) groups excluding carboxylic acids is 1. The first kappa shape index (κ1) is 17.7. The number of hydrogen-bond donors (Lipinski definition) is 0. The number of aryl methyl sites for hydroxylation is 1. The molecule has 2 aromatic heterocycles. The van der Waals surface area contributed by atoms with Crippen LogP contribution in [-0.4, -0.2) is 51.4 Å². The van der Waals surface area contributed by atoms with E-state index in [1.165, 1.54) is 11.4 Å². The van der Waals surface area contributed by atoms with Crippen molar-refractivity contribution < 1.29 is 4.79 Å². The summed E-state index contributed by atoms with van der Waals surface area (Å²) in [5.41, 5.74) is 0.452. The molecule has 26 heavy (non-hydrogen) atoms. The first-order valence-electron chi connectivity index (χ1n) is 9.63. The Morgan fingerprint density at radius 3 is 2.81 bits per heavy atom. The molecular weight excluding hydrogens is 344 g/mol. The van der Waals surface area contributed by atoms with Crippen LogP contribution in [0, 0.1) is 5.41 Å². The summed E-state index contributed by atoms with van der Waals surface area (Å²) in [6.45, 7) is 3.75. The standard InChI is InChI=1S/C20H28N4OS/c1-22(16-18-21-8-14-26-18)17-15-20(17)6-12-24(13-7-20)19(25)5-4-11-23-9-2-3-10-23/h2-3,8-10,14,17H,4-7,11-13,15-16H2,1H3/t17-/m0/s1. The third kappa shape index (κ3) is 3.86. The number of carbonyl (C=O) groups is 1. The van der Waals surface area contributed by atoms with Crippen LogP contribution in [0.5, 0.6) is 0 Å². The van der Waals surface area contributed by atoms with E-state index in [9.17, 15) is 4.79 Å². The molecular formula is C20H28N4OS. The van der Waals surface area contributed by atoms with Gasteiger partial charge in [0.1, 0.15) is 5.01 Å². The fraction of sp³-hybridized carbons (Fsp3) is 0.600. The third-order valence-electron chi connectivity index (χ3n) is 6.13. The lowest BCUT2D eigenvalue weighted by Crippen LogP contribution is -2.41. The highest BCUT2D eigenvalue weighted by atomic mass is 32.1. The minimum absolute atomic E-state index is 0.334. The Labute approximate surface area is 159 Å². The zero-order valence-corrected chi connectivity index (χ0v) is 16.3. The van der Waals surface area contributed by atoms with E-state index in [4.69, 9.17) is 0 Å². The highest BCUT2D eigenvalue weighted by Crippen LogP contribution is 2.56. The van der Waals surface area contributed by atoms with Gasteiger partial charge in [-0.3, -0.25) is 9.69 Å². The van der Waals surface area contributed by atoms with Gasteiger partial charge in [-0.1, -0.05) is 0 Å². The van der Waals surface area contributed by atoms with Crippen LogP contribution >= 0.6 is 11.3 Å². The Bertz CT molecular complexity index is 704. The molecule has 0 unspecified atom stereocenters. The molecule has 0 bridgehead atoms. The lowest BCUT2D eigenvalue weighted by Gasteiger charge is -2.34. The molecule has 4 rings (SSSR count). The molecule has 1 amide bonds. The molecule has 0 radical (unpaired) electrons. The summed E-state index contributed by atoms with van der Waals surface area (Å²) in [4.78, 5) is 21.4. The van der Waals surface area contributed by atoms with Crippen LogP contribution in [0.15, 0.2) is 36.1 Å². The van der Waals surface area contributed by atoms with Crippen LogP contribution in [0.1, 0.15) is 37.1 Å². The number of aromatic nitrogens is 2. The number of hydrogen-bond acceptors (Lipinski definition) is 4. The third-order valence-corrected chi connectivity index (χ3v) is 6.90. The van der Waals surface area contributed by atoms with E-state index in [-0.39, 0.29) is 0 Å². The minimum Gasteiger partial charge on any atom is -0.354 e. The molecule has 1 saturated heterocycles. The van der Waals surface area contributed by atoms with Crippen molar-refractivity contribution in [3.05, 3.63) is 41.1 Å². The van der Waals surface area contributed by atoms with Crippen molar-refractivity contribution in [1.82, 2.24) is 19.4 Å². The summed E-state index contributed by atoms with van der Waals surface area (Å²) >= 11 is 1.73. The minimum atomic E-state index is 0.334. The average molecular weight is 373 g/mol. The van der Waals surface area contributed by atoms with Crippen molar-refractivity contribution >= 4 is 17.2 Å². The van der Waals surface area contributed by atoms with Gasteiger partial charge in [-0.25, -0.2) is 4.98 Å². The molecule has 140 valence electrons. The normalized spacial score (nSPS) is 21.5. The zero-order valence-electron chi connectivity index (χ0n) is 15.5. The number of amides is 1. The van der Waals surface area contributed by atoms with E-state index < -0.39 is 0 Å². The molecule has 3 heterocycles. The maximum Gasteiger partial charge on any atom is 0.222 e. The Hall–Kier alpha value is -1.66. The lowest BCUT2D eigenvalue weighted by atomic mass is 9.92. The maximum atomic E-state index is 12.5. The van der Waals surface area contributed by atoms with Gasteiger partial charge in [-0.2, -0.15) is 0 Å². The van der Waals surface area contributed by atoms with Gasteiger partial charge >= 0.3 is 0 Å². The van der Waals surface area contributed by atoms with Crippen LogP contribution in [0.3, 0.4) is 0 Å². The average Bonchev–Trinajstić information content (AvgIpc) is 3.04. The van der Waals surface area contributed by atoms with Crippen molar-refractivity contribution in [2.24, 2.45) is 5.41 Å². The topological polar surface area (TPSA) is 41.4 Å². The molecule has 0 aromatic carbocycles. The summed E-state index contributed by atoms with van der Waals surface area (Å²) < 4.78 is 2.14. The zero-order chi connectivity index (χ0) is 18.0. The molecule has 5 nitrogen and oxygen atoms in total. The van der Waals surface area contributed by atoms with Gasteiger partial charge in [0.25, 0.3) is 0 Å². The molecule has 1 aliphatic heterocycles. The fourth-order valence-corrected chi connectivity index (χ4v) is 5.11. The molecule has 1 spiro atoms. The Morgan fingerprint density at radius 2 is 2.12 bits per heavy atom. The second kappa shape index (κ2) is 7.53. The summed E-state index contributed by atoms with van der Waals surface area (Å²) in [5.74, 6) is 0.334. The lowest BCUT2D eigenvalue weighted by molar-refractivity contribution is -0.133. The van der Waals surface area contributed by atoms with E-state index in [1.807, 2.05) is 23.7 Å². The Morgan fingerprint density at radius 1 is 1.35 bits per heavy atom. The molecule has 2 aliphatic rings. The molecule has 2 fully saturated rings. The van der Waals surface area contributed by atoms with Crippen molar-refractivity contribution in [1.29, 1.82) is 0 Å². The molecule has 1 saturated carbocycles. The summed E-state index contributed by atoms with van der Waals surface area (Å²) in [5, 5.41) is 3.25. The smallest absolute Gasteiger partial charge is 0.222 e. The fourth-order valence-electron chi connectivity index (χ4n) is 4.43. The van der Waals surface area contributed by atoms with E-state index in [2.05, 4.69) is 38.8 Å². The van der Waals surface area contributed by atoms with E-state index in [0.29, 0.717) is 23.8 Å². The van der Waals surface area contributed by atoms with Gasteiger partial charge in [-0.15, -0.1) is 11.3 Å². The molecule has 1 aliphatic carbocycles. The van der Waals surface area contributed by atoms with Crippen molar-refractivity contribution in [2.75, 3.05) is 20.1 Å². The number of piperidine rings is 1. The summed E-state index contributed by atoms with van der Waals surface area (Å²) in [6.07, 6.45) is 11.2. The second-order valence-electron chi connectivity index (χ2n) is 7.83. The molecule has 6 heteroatoms. The number of rotatable bonds is 7. The van der Waals surface area contributed by atoms with Crippen LogP contribution in [0.2, 0.25) is 0 Å². The Balaban J connectivity index is 1.20. The predicted molar refractivity (Wildman–Crippen MR) is 104 cm³/mol. The molecule has 0 N–H and O–H groups in total. The van der Waals surface area contributed by atoms with Crippen LogP contribution in [-0.2, 0) is 17.9 Å². The van der Waals surface area contributed by atoms with Gasteiger partial charge in [0.05, 0.1) is 6.54 Å². The summed E-state index contributed by atoms with van der Waals surface area (Å²) in [6, 6.07) is 4.73. The van der Waals surface area contributed by atoms with E-state index in [0.717, 1.165) is 45.4 Å². The summed E-state index contributed by atoms with van der Waals surface area (Å²) in [7, 11) is 2.22. The first-order valence-corrected chi connectivity index (χ1v) is 10.5. The van der Waals surface area contributed by atoms with Gasteiger partial charge in [0, 0.05) is 56.1 Å². The molecule has 1 atom stereocenters. The largest absolute Gasteiger partial charge is 0.354 e. The number of likely N-dealkylation sites (tertiary alicyclic amines) is 1. The number of thiazole rings is 1. The van der Waals surface area contributed by atoms with Gasteiger partial charge in [-0.05, 0) is 50.3 Å². The first-order chi connectivity index (χ1) is 12.7. The highest BCUT2D eigenvalue weighted by Gasteiger charge is 2.56. The van der Waals surface area contributed by atoms with Gasteiger partial charge in [0.2, 0.25) is 5.91 Å². The van der Waals surface area contributed by atoms with Crippen molar-refractivity contribution in [3.63, 3.8) is 0 Å². The van der Waals surface area contributed by atoms with Crippen LogP contribution < -0.4 is 0 Å². The van der Waals surface area contributed by atoms with Crippen molar-refractivity contribution in [2.45, 2.75) is 51.2 Å². The van der Waals surface area contributed by atoms with Gasteiger partial charge in [0.15, 0.2) is 0 Å². The Kier molecular flexibility index (Phi) is 5.14. The van der Waals surface area contributed by atoms with Gasteiger partial charge < -0.3 is 9.47 Å². The van der Waals surface area contributed by atoms with E-state index >= 15 is 0 Å². The SMILES string of the molecule is CN(Cc1nccs1)[C@H]1CC12CCN(C(=O)CCCn1cccc1)CC2. The molecule has 2 aromatic rings. The van der Waals surface area contributed by atoms with Crippen LogP contribution in [0.25, 0.3) is 0 Å². The number of nitrogens with zero attached hydrogens (tertiary/aromatic N) is 4. The second-order valence-corrected chi connectivity index (χ2v) is 8.81. The maximum absolute atomic E-state index is 12.5.